The lowest BCUT2D eigenvalue weighted by Gasteiger charge is -2.13. The predicted octanol–water partition coefficient (Wildman–Crippen LogP) is 3.57. The van der Waals surface area contributed by atoms with Crippen molar-refractivity contribution in [1.82, 2.24) is 14.5 Å². The van der Waals surface area contributed by atoms with Crippen molar-refractivity contribution in [1.29, 1.82) is 0 Å². The smallest absolute Gasteiger partial charge is 0.332 e. The van der Waals surface area contributed by atoms with Crippen molar-refractivity contribution >= 4 is 50.7 Å². The summed E-state index contributed by atoms with van der Waals surface area (Å²) < 4.78 is 2.66. The molecule has 0 saturated carbocycles. The van der Waals surface area contributed by atoms with Gasteiger partial charge in [0.15, 0.2) is 0 Å². The van der Waals surface area contributed by atoms with Crippen LogP contribution in [0.25, 0.3) is 10.2 Å². The highest BCUT2D eigenvalue weighted by Gasteiger charge is 2.17. The van der Waals surface area contributed by atoms with E-state index in [1.807, 2.05) is 37.3 Å². The number of aryl methyl sites for hydroxylation is 1. The first-order chi connectivity index (χ1) is 17.3. The number of halogens is 1. The number of carbonyl (C=O) groups excluding carboxylic acids is 2. The molecule has 0 aliphatic heterocycles. The first-order valence-electron chi connectivity index (χ1n) is 11.4. The highest BCUT2D eigenvalue weighted by molar-refractivity contribution is 7.17. The number of benzene rings is 2. The van der Waals surface area contributed by atoms with E-state index in [2.05, 4.69) is 10.6 Å². The van der Waals surface area contributed by atoms with E-state index in [4.69, 9.17) is 11.6 Å². The van der Waals surface area contributed by atoms with E-state index in [0.29, 0.717) is 33.9 Å². The quantitative estimate of drug-likeness (QED) is 0.349. The van der Waals surface area contributed by atoms with Crippen LogP contribution in [0.5, 0.6) is 0 Å². The van der Waals surface area contributed by atoms with Crippen molar-refractivity contribution in [2.24, 2.45) is 0 Å². The molecule has 186 valence electrons. The number of aromatic nitrogens is 2. The number of carbonyl (C=O) groups is 2. The standard InChI is InChI=1S/C26H25ClN4O4S/c1-17-3-2-4-20(15-17)29-23(33)16-31-21-11-14-36-24(21)25(34)30(26(31)35)13-10-22(32)28-12-9-18-5-7-19(27)8-6-18/h2-8,11,14-15H,9-10,12-13,16H2,1H3,(H,28,32)(H,29,33). The average Bonchev–Trinajstić information content (AvgIpc) is 3.33. The summed E-state index contributed by atoms with van der Waals surface area (Å²) in [6.45, 7) is 1.99. The molecule has 0 radical (unpaired) electrons. The van der Waals surface area contributed by atoms with Gasteiger partial charge in [-0.2, -0.15) is 0 Å². The molecule has 2 aromatic carbocycles. The lowest BCUT2D eigenvalue weighted by Crippen LogP contribution is -2.42. The van der Waals surface area contributed by atoms with Gasteiger partial charge >= 0.3 is 5.69 Å². The summed E-state index contributed by atoms with van der Waals surface area (Å²) in [5, 5.41) is 7.94. The van der Waals surface area contributed by atoms with Gasteiger partial charge in [0, 0.05) is 30.2 Å². The van der Waals surface area contributed by atoms with Gasteiger partial charge in [0.05, 0.1) is 5.52 Å². The first-order valence-corrected chi connectivity index (χ1v) is 12.7. The minimum Gasteiger partial charge on any atom is -0.356 e. The number of hydrogen-bond donors (Lipinski definition) is 2. The molecule has 8 nitrogen and oxygen atoms in total. The summed E-state index contributed by atoms with van der Waals surface area (Å²) in [5.41, 5.74) is 1.96. The van der Waals surface area contributed by atoms with Crippen molar-refractivity contribution < 1.29 is 9.59 Å². The summed E-state index contributed by atoms with van der Waals surface area (Å²) in [5.74, 6) is -0.661. The lowest BCUT2D eigenvalue weighted by molar-refractivity contribution is -0.121. The van der Waals surface area contributed by atoms with Gasteiger partial charge in [-0.15, -0.1) is 11.3 Å². The van der Waals surface area contributed by atoms with Gasteiger partial charge in [-0.05, 0) is 60.2 Å². The normalized spacial score (nSPS) is 10.9. The van der Waals surface area contributed by atoms with Crippen molar-refractivity contribution in [2.45, 2.75) is 32.9 Å². The number of hydrogen-bond acceptors (Lipinski definition) is 5. The number of anilines is 1. The molecule has 0 saturated heterocycles. The van der Waals surface area contributed by atoms with E-state index in [-0.39, 0.29) is 31.3 Å². The van der Waals surface area contributed by atoms with Gasteiger partial charge in [0.1, 0.15) is 11.2 Å². The predicted molar refractivity (Wildman–Crippen MR) is 143 cm³/mol. The number of thiophene rings is 1. The summed E-state index contributed by atoms with van der Waals surface area (Å²) in [7, 11) is 0. The molecule has 0 bridgehead atoms. The largest absolute Gasteiger partial charge is 0.356 e. The van der Waals surface area contributed by atoms with Crippen LogP contribution >= 0.6 is 22.9 Å². The second kappa shape index (κ2) is 11.4. The molecule has 0 aliphatic rings. The summed E-state index contributed by atoms with van der Waals surface area (Å²) >= 11 is 7.08. The molecule has 2 N–H and O–H groups in total. The SMILES string of the molecule is Cc1cccc(NC(=O)Cn2c(=O)n(CCC(=O)NCCc3ccc(Cl)cc3)c(=O)c3sccc32)c1. The van der Waals surface area contributed by atoms with E-state index < -0.39 is 11.2 Å². The van der Waals surface area contributed by atoms with Gasteiger partial charge in [0.2, 0.25) is 11.8 Å². The second-order valence-corrected chi connectivity index (χ2v) is 9.71. The van der Waals surface area contributed by atoms with Crippen LogP contribution in [-0.2, 0) is 29.1 Å². The topological polar surface area (TPSA) is 102 Å². The van der Waals surface area contributed by atoms with Crippen LogP contribution in [0.4, 0.5) is 5.69 Å². The Morgan fingerprint density at radius 1 is 1.00 bits per heavy atom. The van der Waals surface area contributed by atoms with Crippen LogP contribution in [-0.4, -0.2) is 27.5 Å². The van der Waals surface area contributed by atoms with Crippen LogP contribution in [0.2, 0.25) is 5.02 Å². The molecule has 0 unspecified atom stereocenters. The highest BCUT2D eigenvalue weighted by Crippen LogP contribution is 2.16. The molecule has 0 spiro atoms. The van der Waals surface area contributed by atoms with Crippen LogP contribution in [0.3, 0.4) is 0 Å². The third-order valence-electron chi connectivity index (χ3n) is 5.65. The second-order valence-electron chi connectivity index (χ2n) is 8.35. The van der Waals surface area contributed by atoms with E-state index in [1.165, 1.54) is 15.9 Å². The van der Waals surface area contributed by atoms with E-state index >= 15 is 0 Å². The van der Waals surface area contributed by atoms with Gasteiger partial charge in [-0.3, -0.25) is 23.5 Å². The molecular weight excluding hydrogens is 500 g/mol. The van der Waals surface area contributed by atoms with Gasteiger partial charge in [-0.25, -0.2) is 4.79 Å². The molecule has 2 heterocycles. The van der Waals surface area contributed by atoms with E-state index in [1.54, 1.807) is 29.6 Å². The van der Waals surface area contributed by atoms with Crippen LogP contribution in [0, 0.1) is 6.92 Å². The van der Waals surface area contributed by atoms with Gasteiger partial charge < -0.3 is 10.6 Å². The summed E-state index contributed by atoms with van der Waals surface area (Å²) in [4.78, 5) is 51.2. The zero-order valence-electron chi connectivity index (χ0n) is 19.6. The maximum Gasteiger partial charge on any atom is 0.332 e. The molecule has 0 fully saturated rings. The monoisotopic (exact) mass is 524 g/mol. The molecule has 0 atom stereocenters. The Balaban J connectivity index is 1.44. The van der Waals surface area contributed by atoms with Gasteiger partial charge in [0.25, 0.3) is 5.56 Å². The van der Waals surface area contributed by atoms with Crippen molar-refractivity contribution in [3.8, 4) is 0 Å². The molecule has 2 amide bonds. The van der Waals surface area contributed by atoms with Crippen molar-refractivity contribution in [2.75, 3.05) is 11.9 Å². The minimum absolute atomic E-state index is 0.0395. The maximum atomic E-state index is 13.2. The Labute approximate surface area is 216 Å². The molecule has 0 aliphatic carbocycles. The molecule has 10 heteroatoms. The Kier molecular flexibility index (Phi) is 8.02. The zero-order valence-corrected chi connectivity index (χ0v) is 21.2. The van der Waals surface area contributed by atoms with E-state index in [9.17, 15) is 19.2 Å². The third-order valence-corrected chi connectivity index (χ3v) is 6.80. The highest BCUT2D eigenvalue weighted by atomic mass is 35.5. The van der Waals surface area contributed by atoms with Crippen LogP contribution < -0.4 is 21.9 Å². The lowest BCUT2D eigenvalue weighted by atomic mass is 10.1. The number of nitrogens with one attached hydrogen (secondary N) is 2. The Hall–Kier alpha value is -3.69. The van der Waals surface area contributed by atoms with E-state index in [0.717, 1.165) is 15.7 Å². The maximum absolute atomic E-state index is 13.2. The van der Waals surface area contributed by atoms with Crippen molar-refractivity contribution in [3.05, 3.63) is 97.0 Å². The number of rotatable bonds is 9. The van der Waals surface area contributed by atoms with Crippen LogP contribution in [0.15, 0.2) is 69.6 Å². The fraction of sp³-hybridized carbons (Fsp3) is 0.231. The Morgan fingerprint density at radius 2 is 1.78 bits per heavy atom. The Bertz CT molecular complexity index is 1520. The summed E-state index contributed by atoms with van der Waals surface area (Å²) in [6, 6.07) is 16.3. The molecular formula is C26H25ClN4O4S. The minimum atomic E-state index is -0.626. The third kappa shape index (κ3) is 6.10. The molecule has 36 heavy (non-hydrogen) atoms. The molecule has 4 rings (SSSR count). The summed E-state index contributed by atoms with van der Waals surface area (Å²) in [6.07, 6.45) is 0.592. The first kappa shape index (κ1) is 25.4. The fourth-order valence-electron chi connectivity index (χ4n) is 3.85. The number of amides is 2. The van der Waals surface area contributed by atoms with Crippen LogP contribution in [0.1, 0.15) is 17.5 Å². The Morgan fingerprint density at radius 3 is 2.53 bits per heavy atom. The number of nitrogens with zero attached hydrogens (tertiary/aromatic N) is 2. The molecule has 4 aromatic rings. The zero-order chi connectivity index (χ0) is 25.7. The molecule has 2 aromatic heterocycles. The van der Waals surface area contributed by atoms with Gasteiger partial charge in [-0.1, -0.05) is 35.9 Å². The average molecular weight is 525 g/mol. The fourth-order valence-corrected chi connectivity index (χ4v) is 4.82. The van der Waals surface area contributed by atoms with Crippen molar-refractivity contribution in [3.63, 3.8) is 0 Å². The number of fused-ring (bicyclic) bond motifs is 1.